The number of carbonyl (C=O) groups excluding carboxylic acids is 1. The molecule has 1 aliphatic heterocycles. The predicted molar refractivity (Wildman–Crippen MR) is 71.5 cm³/mol. The van der Waals surface area contributed by atoms with Crippen molar-refractivity contribution < 1.29 is 4.79 Å². The van der Waals surface area contributed by atoms with E-state index in [1.165, 1.54) is 11.1 Å². The summed E-state index contributed by atoms with van der Waals surface area (Å²) in [7, 11) is 0. The third kappa shape index (κ3) is 1.97. The van der Waals surface area contributed by atoms with Crippen molar-refractivity contribution >= 4 is 11.6 Å². The first kappa shape index (κ1) is 12.2. The molecule has 0 saturated heterocycles. The zero-order chi connectivity index (χ0) is 12.8. The van der Waals surface area contributed by atoms with Gasteiger partial charge in [-0.05, 0) is 50.3 Å². The summed E-state index contributed by atoms with van der Waals surface area (Å²) in [5.41, 5.74) is 3.51. The van der Waals surface area contributed by atoms with E-state index in [-0.39, 0.29) is 11.4 Å². The van der Waals surface area contributed by atoms with Crippen molar-refractivity contribution in [2.75, 3.05) is 4.90 Å². The van der Waals surface area contributed by atoms with Gasteiger partial charge in [0.15, 0.2) is 0 Å². The highest BCUT2D eigenvalue weighted by Gasteiger charge is 2.38. The lowest BCUT2D eigenvalue weighted by Gasteiger charge is -2.45. The van der Waals surface area contributed by atoms with Crippen molar-refractivity contribution in [1.82, 2.24) is 0 Å². The zero-order valence-electron chi connectivity index (χ0n) is 11.4. The molecule has 0 aliphatic carbocycles. The van der Waals surface area contributed by atoms with Crippen molar-refractivity contribution in [2.45, 2.75) is 52.5 Å². The molecular formula is C15H21NO. The Labute approximate surface area is 104 Å². The number of aryl methyl sites for hydroxylation is 1. The van der Waals surface area contributed by atoms with Crippen LogP contribution in [-0.4, -0.2) is 11.4 Å². The van der Waals surface area contributed by atoms with Crippen LogP contribution < -0.4 is 4.90 Å². The van der Waals surface area contributed by atoms with E-state index in [0.29, 0.717) is 5.92 Å². The number of hydrogen-bond donors (Lipinski definition) is 0. The molecule has 0 N–H and O–H groups in total. The highest BCUT2D eigenvalue weighted by Crippen LogP contribution is 2.43. The lowest BCUT2D eigenvalue weighted by Crippen LogP contribution is -2.50. The van der Waals surface area contributed by atoms with Gasteiger partial charge in [-0.2, -0.15) is 0 Å². The Morgan fingerprint density at radius 3 is 2.65 bits per heavy atom. The predicted octanol–water partition coefficient (Wildman–Crippen LogP) is 3.63. The van der Waals surface area contributed by atoms with Crippen molar-refractivity contribution in [3.63, 3.8) is 0 Å². The number of fused-ring (bicyclic) bond motifs is 1. The molecule has 1 atom stereocenters. The molecule has 0 saturated carbocycles. The average molecular weight is 231 g/mol. The van der Waals surface area contributed by atoms with Gasteiger partial charge >= 0.3 is 0 Å². The van der Waals surface area contributed by atoms with Gasteiger partial charge in [0.1, 0.15) is 0 Å². The molecule has 1 aromatic carbocycles. The average Bonchev–Trinajstić information content (AvgIpc) is 2.14. The Hall–Kier alpha value is -1.31. The van der Waals surface area contributed by atoms with Crippen molar-refractivity contribution in [1.29, 1.82) is 0 Å². The maximum Gasteiger partial charge on any atom is 0.224 e. The molecule has 1 heterocycles. The molecule has 1 aromatic rings. The van der Waals surface area contributed by atoms with Crippen LogP contribution in [0, 0.1) is 6.92 Å². The van der Waals surface area contributed by atoms with Crippen LogP contribution in [-0.2, 0) is 4.79 Å². The second-order valence-electron chi connectivity index (χ2n) is 5.83. The number of benzene rings is 1. The third-order valence-electron chi connectivity index (χ3n) is 3.68. The topological polar surface area (TPSA) is 20.3 Å². The van der Waals surface area contributed by atoms with Crippen LogP contribution in [0.2, 0.25) is 0 Å². The van der Waals surface area contributed by atoms with Gasteiger partial charge in [-0.3, -0.25) is 4.79 Å². The minimum atomic E-state index is -0.0912. The van der Waals surface area contributed by atoms with E-state index in [1.807, 2.05) is 4.90 Å². The van der Waals surface area contributed by atoms with E-state index in [2.05, 4.69) is 45.9 Å². The van der Waals surface area contributed by atoms with Gasteiger partial charge in [0.05, 0.1) is 0 Å². The zero-order valence-corrected chi connectivity index (χ0v) is 11.4. The number of amides is 1. The summed E-state index contributed by atoms with van der Waals surface area (Å²) in [4.78, 5) is 13.9. The largest absolute Gasteiger partial charge is 0.307 e. The Kier molecular flexibility index (Phi) is 2.76. The van der Waals surface area contributed by atoms with Crippen LogP contribution >= 0.6 is 0 Å². The van der Waals surface area contributed by atoms with Gasteiger partial charge in [0.2, 0.25) is 5.91 Å². The molecular weight excluding hydrogens is 210 g/mol. The lowest BCUT2D eigenvalue weighted by atomic mass is 9.79. The van der Waals surface area contributed by atoms with E-state index in [0.717, 1.165) is 12.1 Å². The molecule has 92 valence electrons. The first-order chi connectivity index (χ1) is 7.83. The highest BCUT2D eigenvalue weighted by molar-refractivity contribution is 5.94. The van der Waals surface area contributed by atoms with Crippen LogP contribution in [0.15, 0.2) is 18.2 Å². The summed E-state index contributed by atoms with van der Waals surface area (Å²) in [5, 5.41) is 0. The molecule has 0 aromatic heterocycles. The number of nitrogens with zero attached hydrogens (tertiary/aromatic N) is 1. The molecule has 1 aliphatic rings. The Balaban J connectivity index is 2.63. The Morgan fingerprint density at radius 1 is 1.41 bits per heavy atom. The van der Waals surface area contributed by atoms with E-state index >= 15 is 0 Å². The molecule has 0 spiro atoms. The fraction of sp³-hybridized carbons (Fsp3) is 0.533. The molecule has 0 fully saturated rings. The third-order valence-corrected chi connectivity index (χ3v) is 3.68. The first-order valence-corrected chi connectivity index (χ1v) is 6.24. The van der Waals surface area contributed by atoms with Gasteiger partial charge in [-0.15, -0.1) is 0 Å². The second-order valence-corrected chi connectivity index (χ2v) is 5.83. The maximum absolute atomic E-state index is 11.9. The molecule has 2 rings (SSSR count). The Bertz CT molecular complexity index is 462. The lowest BCUT2D eigenvalue weighted by molar-refractivity contribution is -0.117. The molecule has 0 radical (unpaired) electrons. The molecule has 17 heavy (non-hydrogen) atoms. The first-order valence-electron chi connectivity index (χ1n) is 6.24. The number of anilines is 1. The molecule has 2 heteroatoms. The van der Waals surface area contributed by atoms with E-state index in [4.69, 9.17) is 0 Å². The SMILES string of the molecule is CC(=O)N1c2cc(C)ccc2C(C)CC1(C)C. The monoisotopic (exact) mass is 231 g/mol. The summed E-state index contributed by atoms with van der Waals surface area (Å²) in [5.74, 6) is 0.643. The van der Waals surface area contributed by atoms with Crippen molar-refractivity contribution in [3.05, 3.63) is 29.3 Å². The minimum absolute atomic E-state index is 0.0912. The van der Waals surface area contributed by atoms with Crippen LogP contribution in [0.5, 0.6) is 0 Å². The van der Waals surface area contributed by atoms with Crippen LogP contribution in [0.3, 0.4) is 0 Å². The number of rotatable bonds is 0. The molecule has 0 bridgehead atoms. The van der Waals surface area contributed by atoms with Crippen LogP contribution in [0.25, 0.3) is 0 Å². The van der Waals surface area contributed by atoms with E-state index < -0.39 is 0 Å². The summed E-state index contributed by atoms with van der Waals surface area (Å²) in [6, 6.07) is 6.43. The van der Waals surface area contributed by atoms with E-state index in [1.54, 1.807) is 6.92 Å². The van der Waals surface area contributed by atoms with Crippen LogP contribution in [0.1, 0.15) is 51.2 Å². The molecule has 1 amide bonds. The summed E-state index contributed by atoms with van der Waals surface area (Å²) in [6.07, 6.45) is 1.02. The highest BCUT2D eigenvalue weighted by atomic mass is 16.2. The fourth-order valence-corrected chi connectivity index (χ4v) is 3.14. The normalized spacial score (nSPS) is 22.2. The molecule has 1 unspecified atom stereocenters. The van der Waals surface area contributed by atoms with Gasteiger partial charge in [0, 0.05) is 18.2 Å². The van der Waals surface area contributed by atoms with Gasteiger partial charge < -0.3 is 4.90 Å². The fourth-order valence-electron chi connectivity index (χ4n) is 3.14. The standard InChI is InChI=1S/C15H21NO/c1-10-6-7-13-11(2)9-15(4,5)16(12(3)17)14(13)8-10/h6-8,11H,9H2,1-5H3. The van der Waals surface area contributed by atoms with Gasteiger partial charge in [0.25, 0.3) is 0 Å². The van der Waals surface area contributed by atoms with Crippen LogP contribution in [0.4, 0.5) is 5.69 Å². The number of hydrogen-bond acceptors (Lipinski definition) is 1. The van der Waals surface area contributed by atoms with Crippen molar-refractivity contribution in [2.24, 2.45) is 0 Å². The maximum atomic E-state index is 11.9. The van der Waals surface area contributed by atoms with E-state index in [9.17, 15) is 4.79 Å². The summed E-state index contributed by atoms with van der Waals surface area (Å²) >= 11 is 0. The van der Waals surface area contributed by atoms with Gasteiger partial charge in [-0.1, -0.05) is 19.1 Å². The summed E-state index contributed by atoms with van der Waals surface area (Å²) in [6.45, 7) is 10.3. The number of carbonyl (C=O) groups is 1. The van der Waals surface area contributed by atoms with Crippen molar-refractivity contribution in [3.8, 4) is 0 Å². The quantitative estimate of drug-likeness (QED) is 0.667. The molecule has 2 nitrogen and oxygen atoms in total. The van der Waals surface area contributed by atoms with Gasteiger partial charge in [-0.25, -0.2) is 0 Å². The summed E-state index contributed by atoms with van der Waals surface area (Å²) < 4.78 is 0. The minimum Gasteiger partial charge on any atom is -0.307 e. The Morgan fingerprint density at radius 2 is 2.06 bits per heavy atom. The second kappa shape index (κ2) is 3.86. The smallest absolute Gasteiger partial charge is 0.224 e.